The summed E-state index contributed by atoms with van der Waals surface area (Å²) in [6, 6.07) is 0. The fourth-order valence-corrected chi connectivity index (χ4v) is 2.25. The van der Waals surface area contributed by atoms with Gasteiger partial charge in [0.25, 0.3) is 0 Å². The van der Waals surface area contributed by atoms with Crippen LogP contribution in [0.25, 0.3) is 0 Å². The number of hydrogen-bond acceptors (Lipinski definition) is 2. The van der Waals surface area contributed by atoms with Gasteiger partial charge in [0.05, 0.1) is 6.10 Å². The lowest BCUT2D eigenvalue weighted by molar-refractivity contribution is 0.114. The first-order valence-electron chi connectivity index (χ1n) is 7.02. The van der Waals surface area contributed by atoms with E-state index in [1.807, 2.05) is 0 Å². The van der Waals surface area contributed by atoms with Crippen LogP contribution in [-0.2, 0) is 4.74 Å². The van der Waals surface area contributed by atoms with E-state index in [-0.39, 0.29) is 0 Å². The third-order valence-electron chi connectivity index (χ3n) is 3.60. The van der Waals surface area contributed by atoms with Gasteiger partial charge in [0.1, 0.15) is 0 Å². The molecule has 0 amide bonds. The fourth-order valence-electron chi connectivity index (χ4n) is 2.25. The van der Waals surface area contributed by atoms with Gasteiger partial charge in [-0.1, -0.05) is 6.42 Å². The third-order valence-corrected chi connectivity index (χ3v) is 3.60. The van der Waals surface area contributed by atoms with E-state index in [0.717, 1.165) is 38.1 Å². The molecule has 98 valence electrons. The standard InChI is InChI=1S/C13H25N3O/c1-2-14-13(15-9-11-5-3-6-11)16-10-12-7-4-8-17-12/h11-12H,2-10H2,1H3,(H2,14,15,16). The molecule has 1 aliphatic carbocycles. The fraction of sp³-hybridized carbons (Fsp3) is 0.923. The molecule has 2 fully saturated rings. The molecule has 2 rings (SSSR count). The molecule has 1 saturated heterocycles. The molecule has 0 radical (unpaired) electrons. The van der Waals surface area contributed by atoms with Gasteiger partial charge in [0, 0.05) is 26.2 Å². The van der Waals surface area contributed by atoms with E-state index in [2.05, 4.69) is 22.5 Å². The molecule has 0 aromatic rings. The van der Waals surface area contributed by atoms with Crippen LogP contribution in [0.3, 0.4) is 0 Å². The van der Waals surface area contributed by atoms with Crippen molar-refractivity contribution in [2.24, 2.45) is 10.9 Å². The van der Waals surface area contributed by atoms with Crippen LogP contribution in [0, 0.1) is 5.92 Å². The summed E-state index contributed by atoms with van der Waals surface area (Å²) in [4.78, 5) is 4.64. The van der Waals surface area contributed by atoms with Crippen molar-refractivity contribution in [3.63, 3.8) is 0 Å². The molecule has 0 aromatic heterocycles. The second-order valence-corrected chi connectivity index (χ2v) is 5.03. The molecule has 0 aromatic carbocycles. The predicted molar refractivity (Wildman–Crippen MR) is 70.3 cm³/mol. The SMILES string of the molecule is CCNC(=NCC1CCC1)NCC1CCCO1. The molecule has 0 spiro atoms. The van der Waals surface area contributed by atoms with Gasteiger partial charge in [-0.15, -0.1) is 0 Å². The maximum Gasteiger partial charge on any atom is 0.191 e. The van der Waals surface area contributed by atoms with Crippen molar-refractivity contribution in [3.05, 3.63) is 0 Å². The van der Waals surface area contributed by atoms with Gasteiger partial charge in [-0.05, 0) is 38.5 Å². The summed E-state index contributed by atoms with van der Waals surface area (Å²) in [7, 11) is 0. The summed E-state index contributed by atoms with van der Waals surface area (Å²) < 4.78 is 5.59. The van der Waals surface area contributed by atoms with Crippen molar-refractivity contribution in [2.75, 3.05) is 26.2 Å². The summed E-state index contributed by atoms with van der Waals surface area (Å²) in [5.74, 6) is 1.78. The van der Waals surface area contributed by atoms with Gasteiger partial charge in [-0.3, -0.25) is 4.99 Å². The van der Waals surface area contributed by atoms with Crippen LogP contribution in [0.15, 0.2) is 4.99 Å². The first kappa shape index (κ1) is 12.7. The van der Waals surface area contributed by atoms with Gasteiger partial charge in [0.2, 0.25) is 0 Å². The average Bonchev–Trinajstić information content (AvgIpc) is 2.76. The summed E-state index contributed by atoms with van der Waals surface area (Å²) in [6.45, 7) is 5.80. The zero-order valence-corrected chi connectivity index (χ0v) is 10.9. The number of rotatable bonds is 5. The van der Waals surface area contributed by atoms with Crippen molar-refractivity contribution in [1.29, 1.82) is 0 Å². The minimum Gasteiger partial charge on any atom is -0.376 e. The predicted octanol–water partition coefficient (Wildman–Crippen LogP) is 1.52. The summed E-state index contributed by atoms with van der Waals surface area (Å²) >= 11 is 0. The third kappa shape index (κ3) is 4.19. The van der Waals surface area contributed by atoms with Gasteiger partial charge >= 0.3 is 0 Å². The molecule has 0 bridgehead atoms. The molecule has 1 atom stereocenters. The topological polar surface area (TPSA) is 45.7 Å². The number of aliphatic imine (C=N–C) groups is 1. The lowest BCUT2D eigenvalue weighted by Crippen LogP contribution is -2.41. The molecule has 4 heteroatoms. The van der Waals surface area contributed by atoms with E-state index in [9.17, 15) is 0 Å². The Morgan fingerprint density at radius 1 is 1.24 bits per heavy atom. The molecular weight excluding hydrogens is 214 g/mol. The highest BCUT2D eigenvalue weighted by Gasteiger charge is 2.18. The number of guanidine groups is 1. The van der Waals surface area contributed by atoms with Crippen LogP contribution in [0.4, 0.5) is 0 Å². The Bertz CT molecular complexity index is 245. The zero-order valence-electron chi connectivity index (χ0n) is 10.9. The van der Waals surface area contributed by atoms with Crippen molar-refractivity contribution < 1.29 is 4.74 Å². The molecule has 1 heterocycles. The van der Waals surface area contributed by atoms with Gasteiger partial charge in [-0.25, -0.2) is 0 Å². The maximum atomic E-state index is 5.59. The van der Waals surface area contributed by atoms with Crippen LogP contribution >= 0.6 is 0 Å². The monoisotopic (exact) mass is 239 g/mol. The molecule has 17 heavy (non-hydrogen) atoms. The second kappa shape index (κ2) is 6.84. The first-order chi connectivity index (χ1) is 8.38. The Labute approximate surface area is 104 Å². The molecule has 1 saturated carbocycles. The second-order valence-electron chi connectivity index (χ2n) is 5.03. The average molecular weight is 239 g/mol. The Morgan fingerprint density at radius 2 is 2.12 bits per heavy atom. The zero-order chi connectivity index (χ0) is 11.9. The molecule has 1 unspecified atom stereocenters. The number of ether oxygens (including phenoxy) is 1. The number of hydrogen-bond donors (Lipinski definition) is 2. The normalized spacial score (nSPS) is 25.7. The first-order valence-corrected chi connectivity index (χ1v) is 7.02. The highest BCUT2D eigenvalue weighted by Crippen LogP contribution is 2.26. The quantitative estimate of drug-likeness (QED) is 0.565. The van der Waals surface area contributed by atoms with Crippen LogP contribution in [0.2, 0.25) is 0 Å². The molecular formula is C13H25N3O. The summed E-state index contributed by atoms with van der Waals surface area (Å²) in [5, 5.41) is 6.67. The van der Waals surface area contributed by atoms with Crippen molar-refractivity contribution in [3.8, 4) is 0 Å². The van der Waals surface area contributed by atoms with E-state index >= 15 is 0 Å². The molecule has 2 N–H and O–H groups in total. The number of nitrogens with zero attached hydrogens (tertiary/aromatic N) is 1. The Balaban J connectivity index is 1.70. The van der Waals surface area contributed by atoms with E-state index in [4.69, 9.17) is 4.74 Å². The van der Waals surface area contributed by atoms with Crippen LogP contribution < -0.4 is 10.6 Å². The van der Waals surface area contributed by atoms with E-state index in [1.54, 1.807) is 0 Å². The Kier molecular flexibility index (Phi) is 5.10. The van der Waals surface area contributed by atoms with Gasteiger partial charge in [-0.2, -0.15) is 0 Å². The smallest absolute Gasteiger partial charge is 0.191 e. The van der Waals surface area contributed by atoms with Crippen molar-refractivity contribution >= 4 is 5.96 Å². The van der Waals surface area contributed by atoms with Crippen molar-refractivity contribution in [2.45, 2.75) is 45.1 Å². The summed E-state index contributed by atoms with van der Waals surface area (Å²) in [5.41, 5.74) is 0. The lowest BCUT2D eigenvalue weighted by atomic mass is 9.86. The molecule has 2 aliphatic rings. The minimum atomic E-state index is 0.377. The number of nitrogens with one attached hydrogen (secondary N) is 2. The Morgan fingerprint density at radius 3 is 2.71 bits per heavy atom. The van der Waals surface area contributed by atoms with Crippen LogP contribution in [0.5, 0.6) is 0 Å². The van der Waals surface area contributed by atoms with Gasteiger partial charge < -0.3 is 15.4 Å². The van der Waals surface area contributed by atoms with Crippen molar-refractivity contribution in [1.82, 2.24) is 10.6 Å². The minimum absolute atomic E-state index is 0.377. The molecule has 4 nitrogen and oxygen atoms in total. The lowest BCUT2D eigenvalue weighted by Gasteiger charge is -2.24. The van der Waals surface area contributed by atoms with E-state index in [0.29, 0.717) is 6.10 Å². The highest BCUT2D eigenvalue weighted by atomic mass is 16.5. The largest absolute Gasteiger partial charge is 0.376 e. The molecule has 1 aliphatic heterocycles. The van der Waals surface area contributed by atoms with Gasteiger partial charge in [0.15, 0.2) is 5.96 Å². The Hall–Kier alpha value is -0.770. The van der Waals surface area contributed by atoms with Crippen LogP contribution in [-0.4, -0.2) is 38.3 Å². The van der Waals surface area contributed by atoms with E-state index < -0.39 is 0 Å². The van der Waals surface area contributed by atoms with Crippen LogP contribution in [0.1, 0.15) is 39.0 Å². The maximum absolute atomic E-state index is 5.59. The van der Waals surface area contributed by atoms with E-state index in [1.165, 1.54) is 32.1 Å². The summed E-state index contributed by atoms with van der Waals surface area (Å²) in [6.07, 6.45) is 6.85. The highest BCUT2D eigenvalue weighted by molar-refractivity contribution is 5.79.